The summed E-state index contributed by atoms with van der Waals surface area (Å²) in [4.78, 5) is 0. The fraction of sp³-hybridized carbons (Fsp3) is 0.250. The van der Waals surface area contributed by atoms with Crippen molar-refractivity contribution in [2.24, 2.45) is 0 Å². The van der Waals surface area contributed by atoms with E-state index in [0.717, 1.165) is 6.54 Å². The van der Waals surface area contributed by atoms with Crippen LogP contribution in [0.4, 0.5) is 5.69 Å². The molecular weight excluding hydrogens is 242 g/mol. The third kappa shape index (κ3) is 2.51. The van der Waals surface area contributed by atoms with Crippen LogP contribution >= 0.6 is 12.4 Å². The molecule has 2 heteroatoms. The summed E-state index contributed by atoms with van der Waals surface area (Å²) in [5.74, 6) is 0. The number of anilines is 1. The SMILES string of the molecule is Cc1ccc(-c2ccc3c(c2)CCCN3)cc1.Cl. The molecule has 1 aliphatic rings. The summed E-state index contributed by atoms with van der Waals surface area (Å²) < 4.78 is 0. The van der Waals surface area contributed by atoms with Crippen LogP contribution in [0.3, 0.4) is 0 Å². The van der Waals surface area contributed by atoms with E-state index >= 15 is 0 Å². The van der Waals surface area contributed by atoms with Gasteiger partial charge in [-0.3, -0.25) is 0 Å². The number of hydrogen-bond acceptors (Lipinski definition) is 1. The molecule has 0 unspecified atom stereocenters. The van der Waals surface area contributed by atoms with E-state index in [1.807, 2.05) is 0 Å². The van der Waals surface area contributed by atoms with E-state index in [2.05, 4.69) is 54.7 Å². The zero-order valence-electron chi connectivity index (χ0n) is 10.6. The van der Waals surface area contributed by atoms with E-state index in [4.69, 9.17) is 0 Å². The van der Waals surface area contributed by atoms with Crippen molar-refractivity contribution in [1.29, 1.82) is 0 Å². The van der Waals surface area contributed by atoms with Crippen LogP contribution in [0.5, 0.6) is 0 Å². The molecule has 0 aromatic heterocycles. The number of rotatable bonds is 1. The molecule has 0 fully saturated rings. The van der Waals surface area contributed by atoms with Gasteiger partial charge in [-0.15, -0.1) is 12.4 Å². The normalized spacial score (nSPS) is 13.2. The Bertz CT molecular complexity index is 531. The largest absolute Gasteiger partial charge is 0.385 e. The third-order valence-electron chi connectivity index (χ3n) is 3.43. The molecule has 0 spiro atoms. The van der Waals surface area contributed by atoms with Crippen LogP contribution < -0.4 is 5.32 Å². The first kappa shape index (κ1) is 13.0. The second-order valence-corrected chi connectivity index (χ2v) is 4.77. The number of halogens is 1. The summed E-state index contributed by atoms with van der Waals surface area (Å²) >= 11 is 0. The summed E-state index contributed by atoms with van der Waals surface area (Å²) in [6.45, 7) is 3.23. The molecule has 1 N–H and O–H groups in total. The maximum Gasteiger partial charge on any atom is 0.0373 e. The van der Waals surface area contributed by atoms with Gasteiger partial charge in [-0.05, 0) is 48.6 Å². The minimum atomic E-state index is 0. The number of hydrogen-bond donors (Lipinski definition) is 1. The van der Waals surface area contributed by atoms with Crippen molar-refractivity contribution in [1.82, 2.24) is 0 Å². The van der Waals surface area contributed by atoms with Crippen LogP contribution in [0.15, 0.2) is 42.5 Å². The summed E-state index contributed by atoms with van der Waals surface area (Å²) in [6, 6.07) is 15.5. The lowest BCUT2D eigenvalue weighted by atomic mass is 9.97. The van der Waals surface area contributed by atoms with Crippen LogP contribution in [-0.2, 0) is 6.42 Å². The average Bonchev–Trinajstić information content (AvgIpc) is 2.39. The third-order valence-corrected chi connectivity index (χ3v) is 3.43. The van der Waals surface area contributed by atoms with E-state index in [9.17, 15) is 0 Å². The predicted molar refractivity (Wildman–Crippen MR) is 80.7 cm³/mol. The van der Waals surface area contributed by atoms with Crippen LogP contribution in [0.1, 0.15) is 17.5 Å². The van der Waals surface area contributed by atoms with Crippen molar-refractivity contribution in [2.75, 3.05) is 11.9 Å². The first-order valence-electron chi connectivity index (χ1n) is 6.27. The zero-order valence-corrected chi connectivity index (χ0v) is 11.4. The smallest absolute Gasteiger partial charge is 0.0373 e. The molecule has 1 aliphatic heterocycles. The molecule has 0 aliphatic carbocycles. The van der Waals surface area contributed by atoms with Gasteiger partial charge >= 0.3 is 0 Å². The minimum Gasteiger partial charge on any atom is -0.385 e. The second-order valence-electron chi connectivity index (χ2n) is 4.77. The highest BCUT2D eigenvalue weighted by Crippen LogP contribution is 2.28. The van der Waals surface area contributed by atoms with E-state index in [-0.39, 0.29) is 12.4 Å². The van der Waals surface area contributed by atoms with E-state index < -0.39 is 0 Å². The lowest BCUT2D eigenvalue weighted by molar-refractivity contribution is 0.830. The minimum absolute atomic E-state index is 0. The number of nitrogens with one attached hydrogen (secondary N) is 1. The standard InChI is InChI=1S/C16H17N.ClH/c1-12-4-6-13(7-5-12)14-8-9-16-15(11-14)3-2-10-17-16;/h4-9,11,17H,2-3,10H2,1H3;1H. The van der Waals surface area contributed by atoms with Crippen molar-refractivity contribution in [2.45, 2.75) is 19.8 Å². The number of benzene rings is 2. The van der Waals surface area contributed by atoms with Crippen molar-refractivity contribution in [3.8, 4) is 11.1 Å². The first-order valence-corrected chi connectivity index (χ1v) is 6.27. The van der Waals surface area contributed by atoms with Crippen LogP contribution in [-0.4, -0.2) is 6.54 Å². The van der Waals surface area contributed by atoms with Gasteiger partial charge in [-0.2, -0.15) is 0 Å². The summed E-state index contributed by atoms with van der Waals surface area (Å²) in [5, 5.41) is 3.45. The number of fused-ring (bicyclic) bond motifs is 1. The fourth-order valence-electron chi connectivity index (χ4n) is 2.40. The van der Waals surface area contributed by atoms with E-state index in [0.29, 0.717) is 0 Å². The Morgan fingerprint density at radius 3 is 2.44 bits per heavy atom. The maximum atomic E-state index is 3.45. The molecule has 0 atom stereocenters. The van der Waals surface area contributed by atoms with E-state index in [1.54, 1.807) is 0 Å². The topological polar surface area (TPSA) is 12.0 Å². The van der Waals surface area contributed by atoms with Gasteiger partial charge in [0, 0.05) is 12.2 Å². The van der Waals surface area contributed by atoms with Crippen LogP contribution in [0, 0.1) is 6.92 Å². The quantitative estimate of drug-likeness (QED) is 0.798. The molecule has 1 heterocycles. The molecule has 18 heavy (non-hydrogen) atoms. The van der Waals surface area contributed by atoms with Gasteiger partial charge in [-0.25, -0.2) is 0 Å². The van der Waals surface area contributed by atoms with Gasteiger partial charge in [0.05, 0.1) is 0 Å². The Labute approximate surface area is 115 Å². The zero-order chi connectivity index (χ0) is 11.7. The van der Waals surface area contributed by atoms with Crippen molar-refractivity contribution < 1.29 is 0 Å². The lowest BCUT2D eigenvalue weighted by Crippen LogP contribution is -2.11. The molecule has 0 saturated carbocycles. The molecule has 94 valence electrons. The highest BCUT2D eigenvalue weighted by atomic mass is 35.5. The Balaban J connectivity index is 0.00000120. The Hall–Kier alpha value is -1.47. The maximum absolute atomic E-state index is 3.45. The van der Waals surface area contributed by atoms with Gasteiger partial charge in [0.25, 0.3) is 0 Å². The van der Waals surface area contributed by atoms with Gasteiger partial charge in [0.1, 0.15) is 0 Å². The molecular formula is C16H18ClN. The van der Waals surface area contributed by atoms with Crippen molar-refractivity contribution in [3.05, 3.63) is 53.6 Å². The van der Waals surface area contributed by atoms with Crippen molar-refractivity contribution in [3.63, 3.8) is 0 Å². The number of aryl methyl sites for hydroxylation is 2. The summed E-state index contributed by atoms with van der Waals surface area (Å²) in [5.41, 5.74) is 6.71. The molecule has 2 aromatic rings. The Kier molecular flexibility index (Phi) is 3.93. The molecule has 0 amide bonds. The van der Waals surface area contributed by atoms with Gasteiger partial charge in [-0.1, -0.05) is 35.9 Å². The Morgan fingerprint density at radius 2 is 1.67 bits per heavy atom. The van der Waals surface area contributed by atoms with Gasteiger partial charge < -0.3 is 5.32 Å². The second kappa shape index (κ2) is 5.45. The summed E-state index contributed by atoms with van der Waals surface area (Å²) in [6.07, 6.45) is 2.44. The average molecular weight is 260 g/mol. The molecule has 0 radical (unpaired) electrons. The van der Waals surface area contributed by atoms with E-state index in [1.165, 1.54) is 40.8 Å². The Morgan fingerprint density at radius 1 is 0.944 bits per heavy atom. The molecule has 0 saturated heterocycles. The van der Waals surface area contributed by atoms with Crippen molar-refractivity contribution >= 4 is 18.1 Å². The monoisotopic (exact) mass is 259 g/mol. The first-order chi connectivity index (χ1) is 8.33. The molecule has 0 bridgehead atoms. The van der Waals surface area contributed by atoms with Crippen LogP contribution in [0.25, 0.3) is 11.1 Å². The molecule has 2 aromatic carbocycles. The van der Waals surface area contributed by atoms with Gasteiger partial charge in [0.2, 0.25) is 0 Å². The van der Waals surface area contributed by atoms with Crippen LogP contribution in [0.2, 0.25) is 0 Å². The summed E-state index contributed by atoms with van der Waals surface area (Å²) in [7, 11) is 0. The predicted octanol–water partition coefficient (Wildman–Crippen LogP) is 4.44. The highest BCUT2D eigenvalue weighted by Gasteiger charge is 2.09. The molecule has 1 nitrogen and oxygen atoms in total. The fourth-order valence-corrected chi connectivity index (χ4v) is 2.40. The molecule has 3 rings (SSSR count). The van der Waals surface area contributed by atoms with Gasteiger partial charge in [0.15, 0.2) is 0 Å². The highest BCUT2D eigenvalue weighted by molar-refractivity contribution is 5.85. The lowest BCUT2D eigenvalue weighted by Gasteiger charge is -2.18.